The maximum Gasteiger partial charge on any atom is 0.146 e. The van der Waals surface area contributed by atoms with Crippen molar-refractivity contribution in [3.8, 4) is 0 Å². The molecular formula is C15H23FN2O. The summed E-state index contributed by atoms with van der Waals surface area (Å²) >= 11 is 0. The van der Waals surface area contributed by atoms with E-state index in [0.29, 0.717) is 12.1 Å². The van der Waals surface area contributed by atoms with Gasteiger partial charge in [-0.2, -0.15) is 0 Å². The molecule has 4 heteroatoms. The van der Waals surface area contributed by atoms with Crippen molar-refractivity contribution in [1.29, 1.82) is 0 Å². The molecule has 19 heavy (non-hydrogen) atoms. The Labute approximate surface area is 114 Å². The van der Waals surface area contributed by atoms with Crippen LogP contribution in [-0.4, -0.2) is 36.4 Å². The SMILES string of the molecule is CC1(C)CCNCC(CCO)N1c1ccccc1F. The molecule has 2 rings (SSSR count). The summed E-state index contributed by atoms with van der Waals surface area (Å²) in [6.07, 6.45) is 1.59. The topological polar surface area (TPSA) is 35.5 Å². The first-order chi connectivity index (χ1) is 9.06. The number of aliphatic hydroxyl groups is 1. The monoisotopic (exact) mass is 266 g/mol. The minimum Gasteiger partial charge on any atom is -0.396 e. The number of para-hydroxylation sites is 1. The second kappa shape index (κ2) is 5.88. The van der Waals surface area contributed by atoms with Gasteiger partial charge in [-0.25, -0.2) is 4.39 Å². The minimum atomic E-state index is -0.194. The highest BCUT2D eigenvalue weighted by molar-refractivity contribution is 5.51. The number of aliphatic hydroxyl groups excluding tert-OH is 1. The predicted octanol–water partition coefficient (Wildman–Crippen LogP) is 2.16. The van der Waals surface area contributed by atoms with Crippen LogP contribution in [0.5, 0.6) is 0 Å². The molecule has 0 amide bonds. The molecule has 1 unspecified atom stereocenters. The van der Waals surface area contributed by atoms with Gasteiger partial charge in [0.15, 0.2) is 0 Å². The van der Waals surface area contributed by atoms with Crippen LogP contribution in [0.1, 0.15) is 26.7 Å². The maximum absolute atomic E-state index is 14.1. The number of halogens is 1. The van der Waals surface area contributed by atoms with Gasteiger partial charge >= 0.3 is 0 Å². The van der Waals surface area contributed by atoms with E-state index in [-0.39, 0.29) is 24.0 Å². The van der Waals surface area contributed by atoms with Crippen molar-refractivity contribution in [3.05, 3.63) is 30.1 Å². The normalized spacial score (nSPS) is 23.2. The number of nitrogens with one attached hydrogen (secondary N) is 1. The van der Waals surface area contributed by atoms with Gasteiger partial charge < -0.3 is 15.3 Å². The summed E-state index contributed by atoms with van der Waals surface area (Å²) < 4.78 is 14.1. The molecule has 1 aliphatic rings. The molecular weight excluding hydrogens is 243 g/mol. The van der Waals surface area contributed by atoms with E-state index in [1.165, 1.54) is 6.07 Å². The van der Waals surface area contributed by atoms with Gasteiger partial charge in [0.25, 0.3) is 0 Å². The summed E-state index contributed by atoms with van der Waals surface area (Å²) in [5.41, 5.74) is 0.501. The van der Waals surface area contributed by atoms with E-state index >= 15 is 0 Å². The molecule has 1 saturated heterocycles. The van der Waals surface area contributed by atoms with Crippen LogP contribution in [0.3, 0.4) is 0 Å². The Morgan fingerprint density at radius 2 is 2.16 bits per heavy atom. The largest absolute Gasteiger partial charge is 0.396 e. The van der Waals surface area contributed by atoms with Crippen LogP contribution < -0.4 is 10.2 Å². The highest BCUT2D eigenvalue weighted by Gasteiger charge is 2.35. The average molecular weight is 266 g/mol. The molecule has 1 atom stereocenters. The van der Waals surface area contributed by atoms with Crippen LogP contribution in [0.15, 0.2) is 24.3 Å². The highest BCUT2D eigenvalue weighted by atomic mass is 19.1. The van der Waals surface area contributed by atoms with Crippen molar-refractivity contribution in [3.63, 3.8) is 0 Å². The Morgan fingerprint density at radius 1 is 1.42 bits per heavy atom. The standard InChI is InChI=1S/C15H23FN2O/c1-15(2)8-9-17-11-12(7-10-19)18(15)14-6-4-3-5-13(14)16/h3-6,12,17,19H,7-11H2,1-2H3. The Balaban J connectivity index is 2.41. The number of anilines is 1. The van der Waals surface area contributed by atoms with Gasteiger partial charge in [0.05, 0.1) is 5.69 Å². The lowest BCUT2D eigenvalue weighted by atomic mass is 9.95. The first-order valence-electron chi connectivity index (χ1n) is 6.92. The average Bonchev–Trinajstić information content (AvgIpc) is 2.50. The summed E-state index contributed by atoms with van der Waals surface area (Å²) in [6.45, 7) is 6.08. The molecule has 2 N–H and O–H groups in total. The van der Waals surface area contributed by atoms with Crippen molar-refractivity contribution in [1.82, 2.24) is 5.32 Å². The Bertz CT molecular complexity index is 422. The molecule has 0 bridgehead atoms. The highest BCUT2D eigenvalue weighted by Crippen LogP contribution is 2.33. The smallest absolute Gasteiger partial charge is 0.146 e. The summed E-state index contributed by atoms with van der Waals surface area (Å²) in [7, 11) is 0. The van der Waals surface area contributed by atoms with Gasteiger partial charge in [-0.1, -0.05) is 12.1 Å². The zero-order chi connectivity index (χ0) is 13.9. The fraction of sp³-hybridized carbons (Fsp3) is 0.600. The Morgan fingerprint density at radius 3 is 2.84 bits per heavy atom. The van der Waals surface area contributed by atoms with E-state index in [4.69, 9.17) is 0 Å². The van der Waals surface area contributed by atoms with E-state index in [0.717, 1.165) is 19.5 Å². The molecule has 0 aliphatic carbocycles. The molecule has 1 aromatic rings. The molecule has 0 aromatic heterocycles. The van der Waals surface area contributed by atoms with Gasteiger partial charge in [0.1, 0.15) is 5.82 Å². The van der Waals surface area contributed by atoms with Gasteiger partial charge in [0.2, 0.25) is 0 Å². The first-order valence-corrected chi connectivity index (χ1v) is 6.92. The van der Waals surface area contributed by atoms with Crippen LogP contribution >= 0.6 is 0 Å². The van der Waals surface area contributed by atoms with Crippen LogP contribution in [-0.2, 0) is 0 Å². The second-order valence-corrected chi connectivity index (χ2v) is 5.75. The molecule has 1 aromatic carbocycles. The van der Waals surface area contributed by atoms with Crippen LogP contribution in [0.25, 0.3) is 0 Å². The van der Waals surface area contributed by atoms with Gasteiger partial charge in [0, 0.05) is 24.7 Å². The van der Waals surface area contributed by atoms with Crippen molar-refractivity contribution < 1.29 is 9.50 Å². The van der Waals surface area contributed by atoms with E-state index in [1.54, 1.807) is 6.07 Å². The quantitative estimate of drug-likeness (QED) is 0.880. The van der Waals surface area contributed by atoms with Crippen molar-refractivity contribution >= 4 is 5.69 Å². The van der Waals surface area contributed by atoms with Crippen LogP contribution in [0.4, 0.5) is 10.1 Å². The number of nitrogens with zero attached hydrogens (tertiary/aromatic N) is 1. The van der Waals surface area contributed by atoms with Crippen molar-refractivity contribution in [2.45, 2.75) is 38.3 Å². The molecule has 1 fully saturated rings. The summed E-state index contributed by atoms with van der Waals surface area (Å²) in [5, 5.41) is 12.6. The first kappa shape index (κ1) is 14.3. The van der Waals surface area contributed by atoms with Crippen molar-refractivity contribution in [2.75, 3.05) is 24.6 Å². The molecule has 0 radical (unpaired) electrons. The van der Waals surface area contributed by atoms with Gasteiger partial charge in [-0.15, -0.1) is 0 Å². The molecule has 1 aliphatic heterocycles. The second-order valence-electron chi connectivity index (χ2n) is 5.75. The van der Waals surface area contributed by atoms with E-state index in [1.807, 2.05) is 12.1 Å². The minimum absolute atomic E-state index is 0.111. The number of hydrogen-bond acceptors (Lipinski definition) is 3. The lowest BCUT2D eigenvalue weighted by Gasteiger charge is -2.44. The molecule has 106 valence electrons. The van der Waals surface area contributed by atoms with E-state index < -0.39 is 0 Å². The summed E-state index contributed by atoms with van der Waals surface area (Å²) in [5.74, 6) is -0.194. The maximum atomic E-state index is 14.1. The summed E-state index contributed by atoms with van der Waals surface area (Å²) in [6, 6.07) is 7.01. The number of rotatable bonds is 3. The lowest BCUT2D eigenvalue weighted by molar-refractivity contribution is 0.264. The molecule has 1 heterocycles. The number of hydrogen-bond donors (Lipinski definition) is 2. The Hall–Kier alpha value is -1.13. The molecule has 0 spiro atoms. The molecule has 3 nitrogen and oxygen atoms in total. The zero-order valence-corrected chi connectivity index (χ0v) is 11.7. The van der Waals surface area contributed by atoms with Gasteiger partial charge in [-0.3, -0.25) is 0 Å². The fourth-order valence-corrected chi connectivity index (χ4v) is 2.92. The van der Waals surface area contributed by atoms with Crippen LogP contribution in [0.2, 0.25) is 0 Å². The van der Waals surface area contributed by atoms with E-state index in [9.17, 15) is 9.50 Å². The Kier molecular flexibility index (Phi) is 4.42. The number of benzene rings is 1. The molecule has 0 saturated carbocycles. The van der Waals surface area contributed by atoms with Crippen molar-refractivity contribution in [2.24, 2.45) is 0 Å². The van der Waals surface area contributed by atoms with Gasteiger partial charge in [-0.05, 0) is 45.4 Å². The van der Waals surface area contributed by atoms with Crippen LogP contribution in [0, 0.1) is 5.82 Å². The predicted molar refractivity (Wildman–Crippen MR) is 75.9 cm³/mol. The van der Waals surface area contributed by atoms with E-state index in [2.05, 4.69) is 24.1 Å². The zero-order valence-electron chi connectivity index (χ0n) is 11.7. The third kappa shape index (κ3) is 3.07. The third-order valence-electron chi connectivity index (χ3n) is 3.89. The fourth-order valence-electron chi connectivity index (χ4n) is 2.92. The third-order valence-corrected chi connectivity index (χ3v) is 3.89. The lowest BCUT2D eigenvalue weighted by Crippen LogP contribution is -2.51. The summed E-state index contributed by atoms with van der Waals surface area (Å²) in [4.78, 5) is 2.14.